The van der Waals surface area contributed by atoms with Gasteiger partial charge in [-0.1, -0.05) is 30.3 Å². The Bertz CT molecular complexity index is 696. The first kappa shape index (κ1) is 14.7. The molecule has 1 aliphatic rings. The third-order valence-electron chi connectivity index (χ3n) is 3.92. The zero-order chi connectivity index (χ0) is 15.6. The van der Waals surface area contributed by atoms with Crippen molar-refractivity contribution in [2.75, 3.05) is 12.3 Å². The van der Waals surface area contributed by atoms with E-state index in [1.807, 2.05) is 30.3 Å². The van der Waals surface area contributed by atoms with Crippen LogP contribution in [0.5, 0.6) is 0 Å². The van der Waals surface area contributed by atoms with Crippen LogP contribution in [-0.4, -0.2) is 16.2 Å². The third kappa shape index (κ3) is 3.01. The fourth-order valence-corrected chi connectivity index (χ4v) is 2.78. The Hall–Kier alpha value is -2.21. The van der Waals surface area contributed by atoms with E-state index >= 15 is 0 Å². The molecular formula is C16H18FN3O2. The summed E-state index contributed by atoms with van der Waals surface area (Å²) in [4.78, 5) is 15.2. The van der Waals surface area contributed by atoms with Gasteiger partial charge in [0.1, 0.15) is 5.82 Å². The van der Waals surface area contributed by atoms with Crippen molar-refractivity contribution in [3.05, 3.63) is 58.6 Å². The molecule has 22 heavy (non-hydrogen) atoms. The van der Waals surface area contributed by atoms with Crippen LogP contribution in [0.25, 0.3) is 0 Å². The topological polar surface area (TPSA) is 70.1 Å². The van der Waals surface area contributed by atoms with Crippen LogP contribution in [0.1, 0.15) is 18.4 Å². The first-order valence-electron chi connectivity index (χ1n) is 7.23. The minimum Gasteiger partial charge on any atom is -0.383 e. The first-order chi connectivity index (χ1) is 10.6. The molecule has 0 radical (unpaired) electrons. The third-order valence-corrected chi connectivity index (χ3v) is 3.92. The van der Waals surface area contributed by atoms with Gasteiger partial charge >= 0.3 is 5.69 Å². The molecule has 2 aromatic rings. The Morgan fingerprint density at radius 2 is 2.05 bits per heavy atom. The standard InChI is InChI=1S/C16H18FN3O2/c17-16(20-7-6-14(18)19-15(20)21)8-13(9-16)11-22-10-12-4-2-1-3-5-12/h1-7,13H,8-11H2,(H2,18,19,21)/t13-,16-. The molecule has 1 saturated carbocycles. The Labute approximate surface area is 127 Å². The fourth-order valence-electron chi connectivity index (χ4n) is 2.78. The second kappa shape index (κ2) is 5.88. The normalized spacial score (nSPS) is 24.0. The largest absolute Gasteiger partial charge is 0.383 e. The highest BCUT2D eigenvalue weighted by molar-refractivity contribution is 5.24. The van der Waals surface area contributed by atoms with Crippen LogP contribution < -0.4 is 11.4 Å². The Kier molecular flexibility index (Phi) is 3.94. The number of aromatic nitrogens is 2. The molecule has 5 nitrogen and oxygen atoms in total. The maximum absolute atomic E-state index is 14.7. The number of anilines is 1. The van der Waals surface area contributed by atoms with Gasteiger partial charge in [0.15, 0.2) is 5.79 Å². The van der Waals surface area contributed by atoms with Crippen LogP contribution in [0.4, 0.5) is 10.2 Å². The van der Waals surface area contributed by atoms with E-state index in [0.717, 1.165) is 10.1 Å². The molecule has 3 rings (SSSR count). The summed E-state index contributed by atoms with van der Waals surface area (Å²) in [5.41, 5.74) is 5.85. The van der Waals surface area contributed by atoms with Crippen LogP contribution in [0, 0.1) is 5.92 Å². The van der Waals surface area contributed by atoms with E-state index in [9.17, 15) is 9.18 Å². The number of benzene rings is 1. The average molecular weight is 303 g/mol. The summed E-state index contributed by atoms with van der Waals surface area (Å²) in [6.45, 7) is 0.998. The van der Waals surface area contributed by atoms with Crippen LogP contribution in [0.15, 0.2) is 47.4 Å². The number of nitrogen functional groups attached to an aromatic ring is 1. The molecule has 116 valence electrons. The zero-order valence-electron chi connectivity index (χ0n) is 12.1. The van der Waals surface area contributed by atoms with Gasteiger partial charge in [-0.3, -0.25) is 4.57 Å². The number of hydrogen-bond acceptors (Lipinski definition) is 4. The predicted molar refractivity (Wildman–Crippen MR) is 80.8 cm³/mol. The van der Waals surface area contributed by atoms with Gasteiger partial charge in [0, 0.05) is 19.0 Å². The predicted octanol–water partition coefficient (Wildman–Crippen LogP) is 2.07. The van der Waals surface area contributed by atoms with Crippen molar-refractivity contribution < 1.29 is 9.13 Å². The smallest absolute Gasteiger partial charge is 0.352 e. The number of rotatable bonds is 5. The highest BCUT2D eigenvalue weighted by Crippen LogP contribution is 2.44. The van der Waals surface area contributed by atoms with Gasteiger partial charge in [-0.2, -0.15) is 4.98 Å². The SMILES string of the molecule is Nc1ccn([C@]2(F)C[C@@H](COCc3ccccc3)C2)c(=O)n1. The minimum absolute atomic E-state index is 0.104. The molecular weight excluding hydrogens is 285 g/mol. The molecule has 1 aromatic carbocycles. The molecule has 1 aliphatic carbocycles. The fraction of sp³-hybridized carbons (Fsp3) is 0.375. The lowest BCUT2D eigenvalue weighted by Crippen LogP contribution is -2.49. The number of alkyl halides is 1. The number of halogens is 1. The molecule has 0 saturated heterocycles. The lowest BCUT2D eigenvalue weighted by atomic mass is 9.78. The minimum atomic E-state index is -1.67. The molecule has 0 atom stereocenters. The van der Waals surface area contributed by atoms with Crippen molar-refractivity contribution in [3.8, 4) is 0 Å². The van der Waals surface area contributed by atoms with Gasteiger partial charge in [-0.15, -0.1) is 0 Å². The lowest BCUT2D eigenvalue weighted by molar-refractivity contribution is -0.0973. The van der Waals surface area contributed by atoms with E-state index in [1.54, 1.807) is 0 Å². The Morgan fingerprint density at radius 1 is 1.32 bits per heavy atom. The lowest BCUT2D eigenvalue weighted by Gasteiger charge is -2.41. The van der Waals surface area contributed by atoms with Crippen LogP contribution in [0.3, 0.4) is 0 Å². The van der Waals surface area contributed by atoms with Gasteiger partial charge < -0.3 is 10.5 Å². The zero-order valence-corrected chi connectivity index (χ0v) is 12.1. The summed E-state index contributed by atoms with van der Waals surface area (Å²) in [6.07, 6.45) is 1.88. The van der Waals surface area contributed by atoms with E-state index in [1.165, 1.54) is 12.3 Å². The van der Waals surface area contributed by atoms with Crippen LogP contribution in [-0.2, 0) is 17.1 Å². The second-order valence-corrected chi connectivity index (χ2v) is 5.70. The molecule has 2 N–H and O–H groups in total. The second-order valence-electron chi connectivity index (χ2n) is 5.70. The summed E-state index contributed by atoms with van der Waals surface area (Å²) in [5.74, 6) is -1.46. The maximum atomic E-state index is 14.7. The van der Waals surface area contributed by atoms with E-state index in [-0.39, 0.29) is 24.6 Å². The molecule has 0 spiro atoms. The molecule has 1 aromatic heterocycles. The van der Waals surface area contributed by atoms with Crippen molar-refractivity contribution in [1.82, 2.24) is 9.55 Å². The van der Waals surface area contributed by atoms with Crippen LogP contribution >= 0.6 is 0 Å². The van der Waals surface area contributed by atoms with E-state index < -0.39 is 11.5 Å². The monoisotopic (exact) mass is 303 g/mol. The van der Waals surface area contributed by atoms with Gasteiger partial charge in [0.2, 0.25) is 0 Å². The molecule has 1 fully saturated rings. The van der Waals surface area contributed by atoms with Gasteiger partial charge in [-0.05, 0) is 17.5 Å². The highest BCUT2D eigenvalue weighted by Gasteiger charge is 2.47. The van der Waals surface area contributed by atoms with Gasteiger partial charge in [-0.25, -0.2) is 9.18 Å². The summed E-state index contributed by atoms with van der Waals surface area (Å²) in [7, 11) is 0. The van der Waals surface area contributed by atoms with Crippen molar-refractivity contribution >= 4 is 5.82 Å². The van der Waals surface area contributed by atoms with Crippen molar-refractivity contribution in [3.63, 3.8) is 0 Å². The summed E-state index contributed by atoms with van der Waals surface area (Å²) in [5, 5.41) is 0. The van der Waals surface area contributed by atoms with Crippen LogP contribution in [0.2, 0.25) is 0 Å². The molecule has 0 aliphatic heterocycles. The Morgan fingerprint density at radius 3 is 2.73 bits per heavy atom. The average Bonchev–Trinajstić information content (AvgIpc) is 2.46. The highest BCUT2D eigenvalue weighted by atomic mass is 19.1. The quantitative estimate of drug-likeness (QED) is 0.918. The van der Waals surface area contributed by atoms with E-state index in [2.05, 4.69) is 4.98 Å². The molecule has 6 heteroatoms. The maximum Gasteiger partial charge on any atom is 0.352 e. The molecule has 1 heterocycles. The number of nitrogens with two attached hydrogens (primary N) is 1. The van der Waals surface area contributed by atoms with E-state index in [0.29, 0.717) is 13.2 Å². The number of hydrogen-bond donors (Lipinski definition) is 1. The van der Waals surface area contributed by atoms with Gasteiger partial charge in [0.05, 0.1) is 13.2 Å². The molecule has 0 unspecified atom stereocenters. The first-order valence-corrected chi connectivity index (χ1v) is 7.23. The van der Waals surface area contributed by atoms with E-state index in [4.69, 9.17) is 10.5 Å². The van der Waals surface area contributed by atoms with Crippen molar-refractivity contribution in [2.45, 2.75) is 25.2 Å². The molecule has 0 amide bonds. The summed E-state index contributed by atoms with van der Waals surface area (Å²) < 4.78 is 21.3. The van der Waals surface area contributed by atoms with Gasteiger partial charge in [0.25, 0.3) is 0 Å². The summed E-state index contributed by atoms with van der Waals surface area (Å²) in [6, 6.07) is 11.3. The number of nitrogens with zero attached hydrogens (tertiary/aromatic N) is 2. The van der Waals surface area contributed by atoms with Crippen molar-refractivity contribution in [2.24, 2.45) is 5.92 Å². The number of ether oxygens (including phenoxy) is 1. The van der Waals surface area contributed by atoms with Crippen molar-refractivity contribution in [1.29, 1.82) is 0 Å². The molecule has 0 bridgehead atoms. The Balaban J connectivity index is 1.52. The summed E-state index contributed by atoms with van der Waals surface area (Å²) >= 11 is 0.